The van der Waals surface area contributed by atoms with Crippen molar-refractivity contribution in [1.82, 2.24) is 0 Å². The summed E-state index contributed by atoms with van der Waals surface area (Å²) in [4.78, 5) is 0. The van der Waals surface area contributed by atoms with Gasteiger partial charge in [-0.05, 0) is 24.7 Å². The lowest BCUT2D eigenvalue weighted by atomic mass is 9.86. The van der Waals surface area contributed by atoms with Crippen molar-refractivity contribution in [3.63, 3.8) is 0 Å². The Morgan fingerprint density at radius 1 is 0.395 bits per heavy atom. The number of hydrogen-bond acceptors (Lipinski definition) is 5. The summed E-state index contributed by atoms with van der Waals surface area (Å²) in [5.41, 5.74) is 0. The minimum absolute atomic E-state index is 0.119. The molecule has 0 radical (unpaired) electrons. The van der Waals surface area contributed by atoms with Gasteiger partial charge < -0.3 is 25.2 Å². The second kappa shape index (κ2) is 31.8. The van der Waals surface area contributed by atoms with Gasteiger partial charge in [-0.2, -0.15) is 0 Å². The van der Waals surface area contributed by atoms with Crippen molar-refractivity contribution in [2.24, 2.45) is 11.8 Å². The normalized spacial score (nSPS) is 16.2. The molecule has 4 N–H and O–H groups in total. The molecule has 0 saturated carbocycles. The summed E-state index contributed by atoms with van der Waals surface area (Å²) >= 11 is 0. The first-order valence-corrected chi connectivity index (χ1v) is 19.2. The molecule has 0 aromatic heterocycles. The van der Waals surface area contributed by atoms with E-state index in [-0.39, 0.29) is 25.0 Å². The molecule has 6 unspecified atom stereocenters. The predicted molar refractivity (Wildman–Crippen MR) is 185 cm³/mol. The van der Waals surface area contributed by atoms with Crippen LogP contribution in [0.3, 0.4) is 0 Å². The van der Waals surface area contributed by atoms with Gasteiger partial charge in [0.05, 0.1) is 25.4 Å². The molecule has 0 spiro atoms. The quantitative estimate of drug-likeness (QED) is 0.0542. The van der Waals surface area contributed by atoms with E-state index in [1.807, 2.05) is 0 Å². The average molecular weight is 615 g/mol. The molecule has 0 amide bonds. The highest BCUT2D eigenvalue weighted by Crippen LogP contribution is 2.30. The van der Waals surface area contributed by atoms with E-state index in [0.717, 1.165) is 38.5 Å². The Hall–Kier alpha value is -0.200. The molecule has 260 valence electrons. The standard InChI is InChI=1S/C38H78O5/c1-5-9-11-13-15-17-19-21-23-25-27-29-33(7-3)37(35(41)31-39)43-38(36(42)32-40)34(8-4)30-28-26-24-22-20-18-16-14-12-10-6-2/h33-42H,5-32H2,1-4H3. The number of rotatable bonds is 34. The molecular weight excluding hydrogens is 536 g/mol. The van der Waals surface area contributed by atoms with Gasteiger partial charge in [0.2, 0.25) is 0 Å². The monoisotopic (exact) mass is 615 g/mol. The fraction of sp³-hybridized carbons (Fsp3) is 1.00. The first kappa shape index (κ1) is 42.8. The lowest BCUT2D eigenvalue weighted by molar-refractivity contribution is -0.170. The lowest BCUT2D eigenvalue weighted by Crippen LogP contribution is -2.47. The SMILES string of the molecule is CCCCCCCCCCCCCC(CC)C(OC(C(O)CO)C(CC)CCCCCCCCCCCCC)C(O)CO. The predicted octanol–water partition coefficient (Wildman–Crippen LogP) is 9.90. The summed E-state index contributed by atoms with van der Waals surface area (Å²) in [6.07, 6.45) is 29.2. The maximum atomic E-state index is 10.8. The van der Waals surface area contributed by atoms with Gasteiger partial charge in [0.25, 0.3) is 0 Å². The second-order valence-corrected chi connectivity index (χ2v) is 13.6. The molecule has 5 nitrogen and oxygen atoms in total. The van der Waals surface area contributed by atoms with Crippen molar-refractivity contribution in [3.8, 4) is 0 Å². The van der Waals surface area contributed by atoms with E-state index in [2.05, 4.69) is 27.7 Å². The number of aliphatic hydroxyl groups is 4. The van der Waals surface area contributed by atoms with E-state index in [0.29, 0.717) is 0 Å². The Labute approximate surface area is 269 Å². The second-order valence-electron chi connectivity index (χ2n) is 13.6. The van der Waals surface area contributed by atoms with Gasteiger partial charge in [-0.1, -0.05) is 182 Å². The topological polar surface area (TPSA) is 90.2 Å². The first-order chi connectivity index (χ1) is 21.0. The fourth-order valence-corrected chi connectivity index (χ4v) is 6.76. The van der Waals surface area contributed by atoms with Crippen LogP contribution < -0.4 is 0 Å². The van der Waals surface area contributed by atoms with Crippen LogP contribution in [0.15, 0.2) is 0 Å². The van der Waals surface area contributed by atoms with Crippen molar-refractivity contribution < 1.29 is 25.2 Å². The van der Waals surface area contributed by atoms with Crippen LogP contribution in [0.5, 0.6) is 0 Å². The minimum Gasteiger partial charge on any atom is -0.394 e. The van der Waals surface area contributed by atoms with E-state index in [4.69, 9.17) is 4.74 Å². The third kappa shape index (κ3) is 22.9. The van der Waals surface area contributed by atoms with Gasteiger partial charge in [0.15, 0.2) is 0 Å². The Bertz CT molecular complexity index is 498. The van der Waals surface area contributed by atoms with Gasteiger partial charge in [-0.15, -0.1) is 0 Å². The van der Waals surface area contributed by atoms with Gasteiger partial charge >= 0.3 is 0 Å². The van der Waals surface area contributed by atoms with Crippen LogP contribution in [0.4, 0.5) is 0 Å². The molecule has 5 heteroatoms. The van der Waals surface area contributed by atoms with Crippen molar-refractivity contribution in [1.29, 1.82) is 0 Å². The number of unbranched alkanes of at least 4 members (excludes halogenated alkanes) is 20. The van der Waals surface area contributed by atoms with Crippen LogP contribution in [-0.2, 0) is 4.74 Å². The Morgan fingerprint density at radius 2 is 0.651 bits per heavy atom. The smallest absolute Gasteiger partial charge is 0.103 e. The maximum absolute atomic E-state index is 10.8. The van der Waals surface area contributed by atoms with Gasteiger partial charge in [0, 0.05) is 0 Å². The summed E-state index contributed by atoms with van der Waals surface area (Å²) in [6.45, 7) is 8.09. The number of aliphatic hydroxyl groups excluding tert-OH is 4. The zero-order chi connectivity index (χ0) is 32.0. The summed E-state index contributed by atoms with van der Waals surface area (Å²) < 4.78 is 6.54. The largest absolute Gasteiger partial charge is 0.394 e. The van der Waals surface area contributed by atoms with Gasteiger partial charge in [-0.3, -0.25) is 0 Å². The highest BCUT2D eigenvalue weighted by molar-refractivity contribution is 4.84. The van der Waals surface area contributed by atoms with E-state index in [1.165, 1.54) is 128 Å². The van der Waals surface area contributed by atoms with Crippen molar-refractivity contribution in [2.45, 2.75) is 219 Å². The molecule has 6 atom stereocenters. The molecule has 0 heterocycles. The van der Waals surface area contributed by atoms with Crippen molar-refractivity contribution in [2.75, 3.05) is 13.2 Å². The van der Waals surface area contributed by atoms with Gasteiger partial charge in [0.1, 0.15) is 12.2 Å². The Morgan fingerprint density at radius 3 is 0.884 bits per heavy atom. The van der Waals surface area contributed by atoms with E-state index in [1.54, 1.807) is 0 Å². The summed E-state index contributed by atoms with van der Waals surface area (Å²) in [5.74, 6) is 0.238. The maximum Gasteiger partial charge on any atom is 0.103 e. The van der Waals surface area contributed by atoms with Gasteiger partial charge in [-0.25, -0.2) is 0 Å². The fourth-order valence-electron chi connectivity index (χ4n) is 6.76. The zero-order valence-electron chi connectivity index (χ0n) is 29.5. The van der Waals surface area contributed by atoms with Crippen LogP contribution in [-0.4, -0.2) is 58.1 Å². The minimum atomic E-state index is -0.981. The molecule has 0 aliphatic heterocycles. The van der Waals surface area contributed by atoms with Crippen molar-refractivity contribution in [3.05, 3.63) is 0 Å². The Balaban J connectivity index is 4.69. The molecule has 0 aliphatic rings. The molecule has 43 heavy (non-hydrogen) atoms. The average Bonchev–Trinajstić information content (AvgIpc) is 3.03. The highest BCUT2D eigenvalue weighted by atomic mass is 16.5. The van der Waals surface area contributed by atoms with E-state index >= 15 is 0 Å². The van der Waals surface area contributed by atoms with Crippen LogP contribution in [0.2, 0.25) is 0 Å². The molecule has 0 aliphatic carbocycles. The zero-order valence-corrected chi connectivity index (χ0v) is 29.5. The molecule has 0 aromatic rings. The highest BCUT2D eigenvalue weighted by Gasteiger charge is 2.35. The summed E-state index contributed by atoms with van der Waals surface area (Å²) in [7, 11) is 0. The Kier molecular flexibility index (Phi) is 31.6. The molecule has 0 fully saturated rings. The molecule has 0 saturated heterocycles. The molecule has 0 bridgehead atoms. The summed E-state index contributed by atoms with van der Waals surface area (Å²) in [5, 5.41) is 41.4. The third-order valence-corrected chi connectivity index (χ3v) is 9.78. The number of ether oxygens (including phenoxy) is 1. The molecule has 0 rings (SSSR count). The third-order valence-electron chi connectivity index (χ3n) is 9.78. The summed E-state index contributed by atoms with van der Waals surface area (Å²) in [6, 6.07) is 0. The number of hydrogen-bond donors (Lipinski definition) is 4. The van der Waals surface area contributed by atoms with Crippen molar-refractivity contribution >= 4 is 0 Å². The van der Waals surface area contributed by atoms with E-state index < -0.39 is 24.4 Å². The first-order valence-electron chi connectivity index (χ1n) is 19.2. The molecule has 0 aromatic carbocycles. The lowest BCUT2D eigenvalue weighted by Gasteiger charge is -2.38. The van der Waals surface area contributed by atoms with Crippen LogP contribution in [0, 0.1) is 11.8 Å². The van der Waals surface area contributed by atoms with E-state index in [9.17, 15) is 20.4 Å². The van der Waals surface area contributed by atoms with Crippen LogP contribution >= 0.6 is 0 Å². The molecular formula is C38H78O5. The van der Waals surface area contributed by atoms with Crippen LogP contribution in [0.1, 0.15) is 195 Å². The van der Waals surface area contributed by atoms with Crippen LogP contribution in [0.25, 0.3) is 0 Å².